The van der Waals surface area contributed by atoms with E-state index >= 15 is 0 Å². The second-order valence-electron chi connectivity index (χ2n) is 25.4. The van der Waals surface area contributed by atoms with Crippen LogP contribution in [0.15, 0.2) is 67.5 Å². The Balaban J connectivity index is 0.000000213. The molecule has 2 aliphatic carbocycles. The molecule has 9 atom stereocenters. The first-order chi connectivity index (χ1) is 41.0. The Morgan fingerprint density at radius 1 is 0.713 bits per heavy atom. The molecule has 484 valence electrons. The Kier molecular flexibility index (Phi) is 29.0. The van der Waals surface area contributed by atoms with E-state index in [1.54, 1.807) is 59.3 Å². The molecule has 0 radical (unpaired) electrons. The van der Waals surface area contributed by atoms with Gasteiger partial charge in [0.05, 0.1) is 37.3 Å². The van der Waals surface area contributed by atoms with Gasteiger partial charge in [-0.1, -0.05) is 39.3 Å². The van der Waals surface area contributed by atoms with Crippen LogP contribution in [0.4, 0.5) is 9.59 Å². The van der Waals surface area contributed by atoms with Crippen LogP contribution in [0.25, 0.3) is 0 Å². The standard InChI is InChI=1S/C19H28N2O4.C18H26N2O4.C14H20N2O2.C12H24BN2O4.CH4/c1-19(2,3)25-18(23)21-5-4-16(21)12-24-17-7-13(9-20-10-17)6-14-8-15(14)11-22;1-18(2,3)24-17(22)20-8-7-15(20)13-23-16-10-14(11-19-12-16)6-4-5-9-21;17-8-12-5-11(12)3-10-4-14(7-15-6-10)18-9-13-1-2-16-13;1-6-7-8-13-18-10(11(16)15(4)5)12(19-13)17-9-14(2)3;/h7,9-10,14-16,22H,4-6,8,11-12H2,1-3H3;4-5,10-12,15,21H,6-9,13H2,1-3H3;4,6-7,11-13,16-17H,1-3,5,8-9H2;9-10,12H,6-8H2,1-5H3;1H4/q;;;+1;/b;5-4+;;;/t14-,15+,16-;15-;11-,12?,13-;10-,12+;/m0000./s1. The molecule has 4 saturated heterocycles. The highest BCUT2D eigenvalue weighted by atomic mass is 16.8. The number of nitrogens with zero attached hydrogens (tertiary/aromatic N) is 7. The lowest BCUT2D eigenvalue weighted by atomic mass is 9.83. The van der Waals surface area contributed by atoms with Crippen molar-refractivity contribution in [3.8, 4) is 17.2 Å². The number of ether oxygens (including phenoxy) is 6. The maximum atomic E-state index is 12.1. The molecule has 6 fully saturated rings. The number of pyridine rings is 3. The highest BCUT2D eigenvalue weighted by Gasteiger charge is 2.46. The Labute approximate surface area is 517 Å². The van der Waals surface area contributed by atoms with Crippen LogP contribution in [0.1, 0.15) is 118 Å². The highest BCUT2D eigenvalue weighted by molar-refractivity contribution is 6.45. The highest BCUT2D eigenvalue weighted by Crippen LogP contribution is 2.41. The molecule has 4 aliphatic heterocycles. The molecule has 87 heavy (non-hydrogen) atoms. The molecule has 7 heterocycles. The first-order valence-corrected chi connectivity index (χ1v) is 30.6. The molecule has 2 saturated carbocycles. The smallest absolute Gasteiger partial charge is 0.460 e. The number of nitrogens with one attached hydrogen (secondary N) is 1. The molecular formula is C64H102BN8O14+. The lowest BCUT2D eigenvalue weighted by Gasteiger charge is -2.41. The molecule has 1 unspecified atom stereocenters. The Morgan fingerprint density at radius 3 is 1.59 bits per heavy atom. The van der Waals surface area contributed by atoms with E-state index in [9.17, 15) is 14.4 Å². The number of unbranched alkanes of at least 4 members (excludes halogenated alkanes) is 1. The molecule has 0 spiro atoms. The summed E-state index contributed by atoms with van der Waals surface area (Å²) < 4.78 is 46.7. The van der Waals surface area contributed by atoms with Gasteiger partial charge in [0.25, 0.3) is 5.91 Å². The molecule has 3 aromatic heterocycles. The Hall–Kier alpha value is -6.11. The normalized spacial score (nSPS) is 23.1. The first kappa shape index (κ1) is 71.6. The van der Waals surface area contributed by atoms with Gasteiger partial charge in [-0.05, 0) is 164 Å². The number of carbonyl (C=O) groups excluding carboxylic acids is 3. The number of carbonyl (C=O) groups is 3. The van der Waals surface area contributed by atoms with E-state index in [1.165, 1.54) is 23.3 Å². The fourth-order valence-electron chi connectivity index (χ4n) is 9.55. The second-order valence-corrected chi connectivity index (χ2v) is 25.4. The molecule has 3 aromatic rings. The van der Waals surface area contributed by atoms with Gasteiger partial charge >= 0.3 is 25.7 Å². The number of aliphatic hydroxyl groups excluding tert-OH is 3. The van der Waals surface area contributed by atoms with Crippen LogP contribution >= 0.6 is 0 Å². The largest absolute Gasteiger partial charge is 0.490 e. The van der Waals surface area contributed by atoms with Crippen molar-refractivity contribution in [2.75, 3.05) is 87.5 Å². The van der Waals surface area contributed by atoms with Crippen LogP contribution in [-0.4, -0.2) is 210 Å². The van der Waals surface area contributed by atoms with E-state index in [2.05, 4.69) is 33.3 Å². The average Bonchev–Trinajstić information content (AvgIpc) is 4.18. The van der Waals surface area contributed by atoms with Crippen molar-refractivity contribution in [1.82, 2.24) is 35.0 Å². The molecule has 3 amide bonds. The number of amides is 3. The van der Waals surface area contributed by atoms with Crippen molar-refractivity contribution in [3.05, 3.63) is 84.2 Å². The number of allylic oxidation sites excluding steroid dienone is 1. The summed E-state index contributed by atoms with van der Waals surface area (Å²) in [6.07, 6.45) is 24.6. The van der Waals surface area contributed by atoms with Gasteiger partial charge in [-0.2, -0.15) is 0 Å². The summed E-state index contributed by atoms with van der Waals surface area (Å²) in [5.74, 6) is 4.29. The van der Waals surface area contributed by atoms with Gasteiger partial charge in [-0.25, -0.2) is 14.2 Å². The topological polar surface area (TPSA) is 249 Å². The van der Waals surface area contributed by atoms with Gasteiger partial charge in [0.2, 0.25) is 6.29 Å². The molecule has 23 heteroatoms. The number of likely N-dealkylation sites (tertiary alicyclic amines) is 2. The van der Waals surface area contributed by atoms with Crippen LogP contribution in [0.5, 0.6) is 17.2 Å². The first-order valence-electron chi connectivity index (χ1n) is 30.6. The van der Waals surface area contributed by atoms with Crippen LogP contribution in [0.3, 0.4) is 0 Å². The SMILES string of the molecule is C.CC(C)(C)OC(=O)N1CC[C@H]1COc1cncc(C/C=C/CO)c1.CC(C)(C)OC(=O)N1CC[C@H]1COc1cncc(C[C@H]2C[C@@H]2CO)c1.CCCCB1O[C@@H](OC=[N+](C)C)[C@H](C(=O)N(C)C)O1.OCC1C[C@@H]1Cc1cncc(OC[C@@H]2CCN2)c1. The van der Waals surface area contributed by atoms with Crippen LogP contribution < -0.4 is 19.5 Å². The van der Waals surface area contributed by atoms with Gasteiger partial charge in [0.1, 0.15) is 62.4 Å². The van der Waals surface area contributed by atoms with E-state index in [4.69, 9.17) is 53.0 Å². The second kappa shape index (κ2) is 35.2. The summed E-state index contributed by atoms with van der Waals surface area (Å²) in [7, 11) is 6.70. The quantitative estimate of drug-likeness (QED) is 0.0227. The zero-order valence-corrected chi connectivity index (χ0v) is 52.8. The third kappa shape index (κ3) is 25.1. The number of aromatic nitrogens is 3. The third-order valence-corrected chi connectivity index (χ3v) is 15.1. The summed E-state index contributed by atoms with van der Waals surface area (Å²) in [5.41, 5.74) is 2.39. The Morgan fingerprint density at radius 2 is 1.20 bits per heavy atom. The minimum atomic E-state index is -0.701. The molecule has 0 bridgehead atoms. The minimum Gasteiger partial charge on any atom is -0.490 e. The summed E-state index contributed by atoms with van der Waals surface area (Å²) in [4.78, 5) is 53.8. The minimum absolute atomic E-state index is 0. The Bertz CT molecular complexity index is 2630. The molecular weight excluding hydrogens is 1120 g/mol. The van der Waals surface area contributed by atoms with Crippen molar-refractivity contribution in [3.63, 3.8) is 0 Å². The van der Waals surface area contributed by atoms with E-state index in [-0.39, 0.29) is 57.9 Å². The third-order valence-electron chi connectivity index (χ3n) is 15.1. The van der Waals surface area contributed by atoms with Crippen molar-refractivity contribution >= 4 is 31.6 Å². The summed E-state index contributed by atoms with van der Waals surface area (Å²) in [5, 5.41) is 30.2. The van der Waals surface area contributed by atoms with Crippen molar-refractivity contribution in [2.24, 2.45) is 23.7 Å². The molecule has 0 aromatic carbocycles. The van der Waals surface area contributed by atoms with Gasteiger partial charge < -0.3 is 73.1 Å². The number of rotatable bonds is 24. The predicted octanol–water partition coefficient (Wildman–Crippen LogP) is 7.25. The zero-order valence-electron chi connectivity index (χ0n) is 52.8. The van der Waals surface area contributed by atoms with E-state index < -0.39 is 23.6 Å². The average molecular weight is 1220 g/mol. The molecule has 6 aliphatic rings. The van der Waals surface area contributed by atoms with Crippen LogP contribution in [-0.2, 0) is 47.6 Å². The summed E-state index contributed by atoms with van der Waals surface area (Å²) >= 11 is 0. The van der Waals surface area contributed by atoms with E-state index in [0.29, 0.717) is 74.8 Å². The predicted molar refractivity (Wildman–Crippen MR) is 333 cm³/mol. The van der Waals surface area contributed by atoms with Crippen LogP contribution in [0, 0.1) is 23.7 Å². The van der Waals surface area contributed by atoms with Gasteiger partial charge in [0, 0.05) is 65.0 Å². The van der Waals surface area contributed by atoms with E-state index in [0.717, 1.165) is 93.5 Å². The summed E-state index contributed by atoms with van der Waals surface area (Å²) in [6.45, 7) is 18.1. The maximum absolute atomic E-state index is 12.1. The zero-order chi connectivity index (χ0) is 62.4. The molecule has 22 nitrogen and oxygen atoms in total. The van der Waals surface area contributed by atoms with E-state index in [1.807, 2.05) is 86.2 Å². The fourth-order valence-corrected chi connectivity index (χ4v) is 9.55. The van der Waals surface area contributed by atoms with Crippen LogP contribution in [0.2, 0.25) is 6.32 Å². The maximum Gasteiger partial charge on any atom is 0.460 e. The van der Waals surface area contributed by atoms with Gasteiger partial charge in [0.15, 0.2) is 6.10 Å². The number of aliphatic hydroxyl groups is 3. The van der Waals surface area contributed by atoms with Crippen molar-refractivity contribution in [2.45, 2.75) is 168 Å². The fraction of sp³-hybridized carbons (Fsp3) is 0.672. The lowest BCUT2D eigenvalue weighted by molar-refractivity contribution is -0.470. The number of likely N-dealkylation sites (N-methyl/N-ethyl adjacent to an activating group) is 1. The molecule has 4 N–H and O–H groups in total. The number of hydrogen-bond donors (Lipinski definition) is 4. The molecule has 9 rings (SSSR count). The van der Waals surface area contributed by atoms with Crippen molar-refractivity contribution < 1.29 is 72.0 Å². The summed E-state index contributed by atoms with van der Waals surface area (Å²) in [6, 6.07) is 6.62. The number of hydrogen-bond acceptors (Lipinski definition) is 18. The lowest BCUT2D eigenvalue weighted by Crippen LogP contribution is -2.55. The monoisotopic (exact) mass is 1220 g/mol. The van der Waals surface area contributed by atoms with Crippen molar-refractivity contribution in [1.29, 1.82) is 0 Å². The van der Waals surface area contributed by atoms with Gasteiger partial charge in [-0.3, -0.25) is 19.7 Å². The van der Waals surface area contributed by atoms with Gasteiger partial charge in [-0.15, -0.1) is 0 Å².